The average Bonchev–Trinajstić information content (AvgIpc) is 3.46. The lowest BCUT2D eigenvalue weighted by Gasteiger charge is -2.26. The van der Waals surface area contributed by atoms with Gasteiger partial charge in [0.25, 0.3) is 0 Å². The van der Waals surface area contributed by atoms with Gasteiger partial charge in [0, 0.05) is 13.1 Å². The van der Waals surface area contributed by atoms with Crippen molar-refractivity contribution in [2.75, 3.05) is 52.5 Å². The van der Waals surface area contributed by atoms with Crippen LogP contribution in [0.4, 0.5) is 0 Å². The Bertz CT molecular complexity index is 979. The third-order valence-electron chi connectivity index (χ3n) is 9.41. The van der Waals surface area contributed by atoms with Crippen molar-refractivity contribution in [2.45, 2.75) is 65.2 Å². The Kier molecular flexibility index (Phi) is 7.64. The molecule has 10 heteroatoms. The fraction of sp³-hybridized carbons (Fsp3) is 0.714. The summed E-state index contributed by atoms with van der Waals surface area (Å²) in [6.45, 7) is 9.27. The first-order valence-electron chi connectivity index (χ1n) is 14.1. The van der Waals surface area contributed by atoms with Crippen molar-refractivity contribution in [1.82, 2.24) is 20.4 Å². The fourth-order valence-corrected chi connectivity index (χ4v) is 6.84. The highest BCUT2D eigenvalue weighted by atomic mass is 16.5. The highest BCUT2D eigenvalue weighted by molar-refractivity contribution is 5.95. The Balaban J connectivity index is 0.000000155. The van der Waals surface area contributed by atoms with Crippen molar-refractivity contribution in [3.8, 4) is 0 Å². The second kappa shape index (κ2) is 10.8. The van der Waals surface area contributed by atoms with Crippen LogP contribution in [0.2, 0.25) is 0 Å². The van der Waals surface area contributed by atoms with Crippen molar-refractivity contribution < 1.29 is 28.7 Å². The Morgan fingerprint density at radius 2 is 1.03 bits per heavy atom. The lowest BCUT2D eigenvalue weighted by Crippen LogP contribution is -2.35. The minimum Gasteiger partial charge on any atom is -0.456 e. The zero-order chi connectivity index (χ0) is 26.9. The van der Waals surface area contributed by atoms with Crippen molar-refractivity contribution in [2.24, 2.45) is 10.8 Å². The van der Waals surface area contributed by atoms with Gasteiger partial charge in [0.2, 0.25) is 11.8 Å². The molecule has 0 saturated carbocycles. The van der Waals surface area contributed by atoms with E-state index in [1.807, 2.05) is 0 Å². The first-order valence-corrected chi connectivity index (χ1v) is 14.1. The number of rotatable bonds is 2. The Hall–Kier alpha value is -2.72. The van der Waals surface area contributed by atoms with Crippen LogP contribution in [0.5, 0.6) is 0 Å². The van der Waals surface area contributed by atoms with Crippen LogP contribution in [0.3, 0.4) is 0 Å². The highest BCUT2D eigenvalue weighted by Gasteiger charge is 2.49. The number of nitrogens with one attached hydrogen (secondary N) is 2. The number of cyclic esters (lactones) is 2. The van der Waals surface area contributed by atoms with E-state index in [2.05, 4.69) is 10.6 Å². The molecule has 38 heavy (non-hydrogen) atoms. The van der Waals surface area contributed by atoms with Crippen molar-refractivity contribution in [1.29, 1.82) is 0 Å². The second-order valence-electron chi connectivity index (χ2n) is 11.5. The molecule has 0 aliphatic carbocycles. The molecule has 4 saturated heterocycles. The fourth-order valence-electron chi connectivity index (χ4n) is 6.84. The zero-order valence-corrected chi connectivity index (χ0v) is 22.7. The predicted molar refractivity (Wildman–Crippen MR) is 138 cm³/mol. The van der Waals surface area contributed by atoms with Gasteiger partial charge in [-0.2, -0.15) is 0 Å². The molecule has 4 fully saturated rings. The molecule has 2 unspecified atom stereocenters. The monoisotopic (exact) mass is 528 g/mol. The van der Waals surface area contributed by atoms with E-state index >= 15 is 0 Å². The van der Waals surface area contributed by atoms with Crippen LogP contribution >= 0.6 is 0 Å². The number of esters is 2. The van der Waals surface area contributed by atoms with Crippen molar-refractivity contribution >= 4 is 23.8 Å². The zero-order valence-electron chi connectivity index (χ0n) is 22.7. The molecule has 6 aliphatic rings. The van der Waals surface area contributed by atoms with E-state index in [1.165, 1.54) is 0 Å². The smallest absolute Gasteiger partial charge is 0.336 e. The molecule has 2 amide bonds. The van der Waals surface area contributed by atoms with Crippen LogP contribution in [-0.4, -0.2) is 86.0 Å². The van der Waals surface area contributed by atoms with E-state index in [0.29, 0.717) is 11.1 Å². The number of ether oxygens (including phenoxy) is 2. The number of carbonyl (C=O) groups is 4. The summed E-state index contributed by atoms with van der Waals surface area (Å²) in [5, 5.41) is 6.72. The molecule has 208 valence electrons. The summed E-state index contributed by atoms with van der Waals surface area (Å²) in [6, 6.07) is 0. The normalized spacial score (nSPS) is 32.2. The number of hydrogen-bond acceptors (Lipinski definition) is 8. The van der Waals surface area contributed by atoms with Gasteiger partial charge in [0.05, 0.1) is 33.4 Å². The van der Waals surface area contributed by atoms with Gasteiger partial charge in [-0.3, -0.25) is 9.59 Å². The maximum absolute atomic E-state index is 12.8. The maximum atomic E-state index is 12.8. The first-order chi connectivity index (χ1) is 18.3. The number of nitrogens with zero attached hydrogens (tertiary/aromatic N) is 2. The summed E-state index contributed by atoms with van der Waals surface area (Å²) in [7, 11) is 0. The van der Waals surface area contributed by atoms with E-state index in [0.717, 1.165) is 102 Å². The van der Waals surface area contributed by atoms with Crippen LogP contribution in [0.25, 0.3) is 0 Å². The van der Waals surface area contributed by atoms with Gasteiger partial charge in [-0.25, -0.2) is 9.59 Å². The SMILES string of the molecule is CC1=C(N2CCC3(CCCNCC3)C2=O)COC1=O.CC1=C(N2CCC3(CCCNCC3)C2=O)COC1=O. The van der Waals surface area contributed by atoms with Crippen LogP contribution in [-0.2, 0) is 28.7 Å². The molecule has 0 bridgehead atoms. The number of amides is 2. The molecule has 0 aromatic heterocycles. The minimum atomic E-state index is -0.286. The predicted octanol–water partition coefficient (Wildman–Crippen LogP) is 1.62. The Morgan fingerprint density at radius 1 is 0.605 bits per heavy atom. The number of hydrogen-bond donors (Lipinski definition) is 2. The van der Waals surface area contributed by atoms with Gasteiger partial charge in [-0.15, -0.1) is 0 Å². The Morgan fingerprint density at radius 3 is 1.39 bits per heavy atom. The maximum Gasteiger partial charge on any atom is 0.336 e. The van der Waals surface area contributed by atoms with Gasteiger partial charge in [0.1, 0.15) is 13.2 Å². The third kappa shape index (κ3) is 4.77. The van der Waals surface area contributed by atoms with Crippen molar-refractivity contribution in [3.05, 3.63) is 22.5 Å². The lowest BCUT2D eigenvalue weighted by molar-refractivity contribution is -0.137. The van der Waals surface area contributed by atoms with Gasteiger partial charge in [0.15, 0.2) is 0 Å². The second-order valence-corrected chi connectivity index (χ2v) is 11.5. The van der Waals surface area contributed by atoms with Crippen LogP contribution in [0, 0.1) is 10.8 Å². The van der Waals surface area contributed by atoms with E-state index in [-0.39, 0.29) is 47.8 Å². The quantitative estimate of drug-likeness (QED) is 0.520. The molecule has 6 heterocycles. The molecule has 6 aliphatic heterocycles. The summed E-state index contributed by atoms with van der Waals surface area (Å²) in [6.07, 6.45) is 7.62. The topological polar surface area (TPSA) is 117 Å². The van der Waals surface area contributed by atoms with Crippen LogP contribution in [0.1, 0.15) is 65.2 Å². The molecule has 0 radical (unpaired) electrons. The summed E-state index contributed by atoms with van der Waals surface area (Å²) >= 11 is 0. The molecule has 10 nitrogen and oxygen atoms in total. The van der Waals surface area contributed by atoms with Gasteiger partial charge in [-0.1, -0.05) is 0 Å². The molecule has 2 spiro atoms. The average molecular weight is 529 g/mol. The molecular formula is C28H40N4O6. The third-order valence-corrected chi connectivity index (χ3v) is 9.41. The Labute approximate surface area is 224 Å². The summed E-state index contributed by atoms with van der Waals surface area (Å²) < 4.78 is 10.0. The molecular weight excluding hydrogens is 488 g/mol. The van der Waals surface area contributed by atoms with Crippen molar-refractivity contribution in [3.63, 3.8) is 0 Å². The van der Waals surface area contributed by atoms with E-state index in [9.17, 15) is 19.2 Å². The molecule has 6 rings (SSSR count). The molecule has 2 atom stereocenters. The van der Waals surface area contributed by atoms with Gasteiger partial charge < -0.3 is 29.9 Å². The van der Waals surface area contributed by atoms with E-state index < -0.39 is 0 Å². The van der Waals surface area contributed by atoms with Gasteiger partial charge in [-0.05, 0) is 91.4 Å². The highest BCUT2D eigenvalue weighted by Crippen LogP contribution is 2.44. The van der Waals surface area contributed by atoms with Crippen LogP contribution in [0.15, 0.2) is 22.5 Å². The molecule has 0 aromatic carbocycles. The van der Waals surface area contributed by atoms with Gasteiger partial charge >= 0.3 is 11.9 Å². The first kappa shape index (κ1) is 26.9. The summed E-state index contributed by atoms with van der Waals surface area (Å²) in [5.41, 5.74) is 2.34. The minimum absolute atomic E-state index is 0.198. The van der Waals surface area contributed by atoms with E-state index in [1.54, 1.807) is 23.6 Å². The standard InChI is InChI=1S/2C14H20N2O3/c2*1-10-11(9-19-12(10)17)16-8-5-14(13(16)18)3-2-6-15-7-4-14/h2*15H,2-9H2,1H3. The lowest BCUT2D eigenvalue weighted by atomic mass is 9.79. The number of carbonyl (C=O) groups excluding carboxylic acids is 4. The summed E-state index contributed by atoms with van der Waals surface area (Å²) in [5.74, 6) is -0.176. The largest absolute Gasteiger partial charge is 0.456 e. The van der Waals surface area contributed by atoms with E-state index in [4.69, 9.17) is 9.47 Å². The van der Waals surface area contributed by atoms with Crippen LogP contribution < -0.4 is 10.6 Å². The summed E-state index contributed by atoms with van der Waals surface area (Å²) in [4.78, 5) is 52.0. The number of likely N-dealkylation sites (tertiary alicyclic amines) is 2. The molecule has 2 N–H and O–H groups in total. The molecule has 0 aromatic rings.